The van der Waals surface area contributed by atoms with Crippen molar-refractivity contribution < 1.29 is 49.2 Å². The minimum atomic E-state index is -1.63. The number of hydrogen-bond donors (Lipinski definition) is 0. The SMILES string of the molecule is CCCCCCCCCCCCOOC(=O)[O-].[Na+]. The average molecular weight is 268 g/mol. The molecule has 0 aliphatic rings. The van der Waals surface area contributed by atoms with Gasteiger partial charge in [0.25, 0.3) is 6.16 Å². The summed E-state index contributed by atoms with van der Waals surface area (Å²) >= 11 is 0. The Kier molecular flexibility index (Phi) is 19.7. The van der Waals surface area contributed by atoms with Gasteiger partial charge in [0.1, 0.15) is 0 Å². The third kappa shape index (κ3) is 18.6. The first kappa shape index (κ1) is 20.5. The number of carboxylic acid groups (broad SMARTS) is 1. The van der Waals surface area contributed by atoms with Gasteiger partial charge in [0.2, 0.25) is 0 Å². The Morgan fingerprint density at radius 1 is 0.889 bits per heavy atom. The van der Waals surface area contributed by atoms with Gasteiger partial charge < -0.3 is 14.8 Å². The first-order chi connectivity index (χ1) is 8.27. The Balaban J connectivity index is 0. The van der Waals surface area contributed by atoms with Gasteiger partial charge in [-0.25, -0.2) is 0 Å². The monoisotopic (exact) mass is 268 g/mol. The van der Waals surface area contributed by atoms with Gasteiger partial charge in [0.15, 0.2) is 0 Å². The molecule has 0 heterocycles. The zero-order valence-corrected chi connectivity index (χ0v) is 13.9. The molecule has 0 bridgehead atoms. The van der Waals surface area contributed by atoms with E-state index in [0.29, 0.717) is 6.61 Å². The zero-order chi connectivity index (χ0) is 12.8. The third-order valence-corrected chi connectivity index (χ3v) is 2.71. The second-order valence-corrected chi connectivity index (χ2v) is 4.34. The Bertz CT molecular complexity index is 176. The summed E-state index contributed by atoms with van der Waals surface area (Å²) in [6.07, 6.45) is 10.7. The average Bonchev–Trinajstić information content (AvgIpc) is 2.30. The van der Waals surface area contributed by atoms with E-state index in [1.807, 2.05) is 0 Å². The van der Waals surface area contributed by atoms with Crippen molar-refractivity contribution in [2.45, 2.75) is 71.1 Å². The van der Waals surface area contributed by atoms with Gasteiger partial charge in [-0.15, -0.1) is 0 Å². The van der Waals surface area contributed by atoms with Crippen LogP contribution >= 0.6 is 0 Å². The van der Waals surface area contributed by atoms with Crippen LogP contribution in [0.3, 0.4) is 0 Å². The largest absolute Gasteiger partial charge is 1.00 e. The van der Waals surface area contributed by atoms with E-state index in [0.717, 1.165) is 12.8 Å². The van der Waals surface area contributed by atoms with Crippen molar-refractivity contribution in [1.29, 1.82) is 0 Å². The fourth-order valence-corrected chi connectivity index (χ4v) is 1.74. The van der Waals surface area contributed by atoms with E-state index in [4.69, 9.17) is 0 Å². The quantitative estimate of drug-likeness (QED) is 0.220. The Morgan fingerprint density at radius 3 is 1.78 bits per heavy atom. The summed E-state index contributed by atoms with van der Waals surface area (Å²) in [4.78, 5) is 18.1. The van der Waals surface area contributed by atoms with Gasteiger partial charge in [0.05, 0.1) is 6.61 Å². The molecule has 18 heavy (non-hydrogen) atoms. The molecule has 0 rings (SSSR count). The number of unbranched alkanes of at least 4 members (excludes halogenated alkanes) is 9. The van der Waals surface area contributed by atoms with Crippen molar-refractivity contribution in [2.24, 2.45) is 0 Å². The molecule has 0 aromatic rings. The van der Waals surface area contributed by atoms with Crippen LogP contribution in [0.25, 0.3) is 0 Å². The van der Waals surface area contributed by atoms with Crippen LogP contribution in [0.5, 0.6) is 0 Å². The molecule has 0 aliphatic heterocycles. The van der Waals surface area contributed by atoms with Crippen molar-refractivity contribution in [3.05, 3.63) is 0 Å². The number of carbonyl (C=O) groups is 1. The molecule has 0 aromatic carbocycles. The minimum absolute atomic E-state index is 0. The molecule has 0 fully saturated rings. The van der Waals surface area contributed by atoms with E-state index in [1.165, 1.54) is 51.4 Å². The van der Waals surface area contributed by atoms with Gasteiger partial charge >= 0.3 is 29.6 Å². The van der Waals surface area contributed by atoms with Gasteiger partial charge in [-0.05, 0) is 6.42 Å². The molecule has 0 N–H and O–H groups in total. The maximum absolute atomic E-state index is 9.82. The summed E-state index contributed by atoms with van der Waals surface area (Å²) in [6.45, 7) is 2.55. The Labute approximate surface area is 133 Å². The van der Waals surface area contributed by atoms with Crippen LogP contribution in [0.15, 0.2) is 0 Å². The summed E-state index contributed by atoms with van der Waals surface area (Å²) in [6, 6.07) is 0. The topological polar surface area (TPSA) is 58.6 Å². The van der Waals surface area contributed by atoms with Crippen LogP contribution in [0.4, 0.5) is 4.79 Å². The van der Waals surface area contributed by atoms with Gasteiger partial charge in [-0.1, -0.05) is 64.7 Å². The fraction of sp³-hybridized carbons (Fsp3) is 0.923. The van der Waals surface area contributed by atoms with Gasteiger partial charge in [-0.2, -0.15) is 0 Å². The van der Waals surface area contributed by atoms with Crippen molar-refractivity contribution in [2.75, 3.05) is 6.61 Å². The summed E-state index contributed by atoms with van der Waals surface area (Å²) in [5.41, 5.74) is 0. The molecule has 0 radical (unpaired) electrons. The number of hydrogen-bond acceptors (Lipinski definition) is 4. The summed E-state index contributed by atoms with van der Waals surface area (Å²) in [7, 11) is 0. The predicted octanol–water partition coefficient (Wildman–Crippen LogP) is 0.203. The first-order valence-corrected chi connectivity index (χ1v) is 6.77. The van der Waals surface area contributed by atoms with E-state index in [9.17, 15) is 9.90 Å². The standard InChI is InChI=1S/C13H26O4.Na/c1-2-3-4-5-6-7-8-9-10-11-12-16-17-13(14)15;/h2-12H2,1H3,(H,14,15);/q;+1/p-1. The minimum Gasteiger partial charge on any atom is -0.424 e. The normalized spacial score (nSPS) is 9.83. The van der Waals surface area contributed by atoms with Crippen molar-refractivity contribution in [1.82, 2.24) is 0 Å². The molecule has 0 unspecified atom stereocenters. The van der Waals surface area contributed by atoms with Crippen molar-refractivity contribution in [3.63, 3.8) is 0 Å². The molecular formula is C13H25NaO4. The Hall–Kier alpha value is 0.230. The van der Waals surface area contributed by atoms with Crippen molar-refractivity contribution >= 4 is 6.16 Å². The van der Waals surface area contributed by atoms with Crippen LogP contribution in [-0.4, -0.2) is 12.8 Å². The maximum atomic E-state index is 9.82. The molecule has 0 saturated carbocycles. The Morgan fingerprint density at radius 2 is 1.33 bits per heavy atom. The molecule has 0 atom stereocenters. The molecule has 0 aliphatic carbocycles. The van der Waals surface area contributed by atoms with Crippen molar-refractivity contribution in [3.8, 4) is 0 Å². The molecule has 0 amide bonds. The first-order valence-electron chi connectivity index (χ1n) is 6.77. The number of rotatable bonds is 12. The molecule has 5 heteroatoms. The molecule has 0 aromatic heterocycles. The van der Waals surface area contributed by atoms with Gasteiger partial charge in [0, 0.05) is 0 Å². The summed E-state index contributed by atoms with van der Waals surface area (Å²) in [5.74, 6) is 0. The zero-order valence-electron chi connectivity index (χ0n) is 11.9. The molecule has 0 saturated heterocycles. The predicted molar refractivity (Wildman–Crippen MR) is 64.3 cm³/mol. The van der Waals surface area contributed by atoms with Crippen LogP contribution in [0.2, 0.25) is 0 Å². The molecule has 0 spiro atoms. The summed E-state index contributed by atoms with van der Waals surface area (Å²) < 4.78 is 0. The van der Waals surface area contributed by atoms with Crippen LogP contribution in [0, 0.1) is 0 Å². The molecule has 102 valence electrons. The smallest absolute Gasteiger partial charge is 0.424 e. The van der Waals surface area contributed by atoms with Crippen LogP contribution in [-0.2, 0) is 9.78 Å². The summed E-state index contributed by atoms with van der Waals surface area (Å²) in [5, 5.41) is 9.82. The van der Waals surface area contributed by atoms with E-state index in [1.54, 1.807) is 0 Å². The second kappa shape index (κ2) is 17.2. The van der Waals surface area contributed by atoms with Crippen LogP contribution < -0.4 is 34.7 Å². The van der Waals surface area contributed by atoms with E-state index in [-0.39, 0.29) is 29.6 Å². The third-order valence-electron chi connectivity index (χ3n) is 2.71. The van der Waals surface area contributed by atoms with E-state index in [2.05, 4.69) is 16.7 Å². The number of carbonyl (C=O) groups excluding carboxylic acids is 1. The van der Waals surface area contributed by atoms with E-state index < -0.39 is 6.16 Å². The van der Waals surface area contributed by atoms with Crippen LogP contribution in [0.1, 0.15) is 71.1 Å². The molecule has 4 nitrogen and oxygen atoms in total. The molecular weight excluding hydrogens is 243 g/mol. The second-order valence-electron chi connectivity index (χ2n) is 4.34. The maximum Gasteiger partial charge on any atom is 1.00 e. The van der Waals surface area contributed by atoms with Gasteiger partial charge in [-0.3, -0.25) is 4.89 Å². The fourth-order valence-electron chi connectivity index (χ4n) is 1.74. The van der Waals surface area contributed by atoms with E-state index >= 15 is 0 Å².